The molecule has 1 aliphatic heterocycles. The molecule has 2 N–H and O–H groups in total. The highest BCUT2D eigenvalue weighted by Crippen LogP contribution is 2.27. The van der Waals surface area contributed by atoms with Crippen LogP contribution in [0.25, 0.3) is 0 Å². The van der Waals surface area contributed by atoms with Gasteiger partial charge in [0.25, 0.3) is 0 Å². The lowest BCUT2D eigenvalue weighted by Crippen LogP contribution is -2.53. The lowest BCUT2D eigenvalue weighted by Gasteiger charge is -2.40. The summed E-state index contributed by atoms with van der Waals surface area (Å²) >= 11 is 0. The molecule has 0 radical (unpaired) electrons. The molecule has 0 spiro atoms. The fourth-order valence-electron chi connectivity index (χ4n) is 2.28. The number of hydrogen-bond acceptors (Lipinski definition) is 3. The van der Waals surface area contributed by atoms with Crippen molar-refractivity contribution in [3.05, 3.63) is 35.6 Å². The summed E-state index contributed by atoms with van der Waals surface area (Å²) in [7, 11) is 0. The van der Waals surface area contributed by atoms with Crippen molar-refractivity contribution in [2.45, 2.75) is 19.3 Å². The molecular weight excluding hydrogens is 245 g/mol. The molecule has 0 aromatic heterocycles. The predicted octanol–water partition coefficient (Wildman–Crippen LogP) is 1.70. The lowest BCUT2D eigenvalue weighted by atomic mass is 9.83. The zero-order valence-electron chi connectivity index (χ0n) is 11.6. The third-order valence-electron chi connectivity index (χ3n) is 3.84. The van der Waals surface area contributed by atoms with E-state index in [-0.39, 0.29) is 23.3 Å². The third-order valence-corrected chi connectivity index (χ3v) is 3.84. The van der Waals surface area contributed by atoms with Gasteiger partial charge in [-0.15, -0.1) is 0 Å². The van der Waals surface area contributed by atoms with E-state index in [1.54, 1.807) is 0 Å². The average molecular weight is 267 g/mol. The number of aliphatic hydroxyl groups excluding tert-OH is 1. The number of aliphatic hydroxyl groups is 1. The van der Waals surface area contributed by atoms with E-state index in [0.717, 1.165) is 18.7 Å². The normalized spacial score (nSPS) is 18.1. The van der Waals surface area contributed by atoms with E-state index in [1.807, 2.05) is 12.1 Å². The van der Waals surface area contributed by atoms with Gasteiger partial charge in [0.05, 0.1) is 25.2 Å². The Bertz CT molecular complexity index is 407. The molecule has 0 aliphatic carbocycles. The van der Waals surface area contributed by atoms with Crippen LogP contribution in [0.4, 0.5) is 4.39 Å². The van der Waals surface area contributed by atoms with E-state index in [9.17, 15) is 9.50 Å². The molecule has 4 heteroatoms. The van der Waals surface area contributed by atoms with E-state index < -0.39 is 0 Å². The smallest absolute Gasteiger partial charge is 0.123 e. The van der Waals surface area contributed by atoms with Crippen LogP contribution >= 0.6 is 0 Å². The molecule has 1 fully saturated rings. The first kappa shape index (κ1) is 14.4. The van der Waals surface area contributed by atoms with E-state index in [0.29, 0.717) is 13.2 Å². The Morgan fingerprint density at radius 1 is 1.32 bits per heavy atom. The molecule has 0 amide bonds. The Hall–Kier alpha value is -0.970. The fourth-order valence-corrected chi connectivity index (χ4v) is 2.28. The fraction of sp³-hybridized carbons (Fsp3) is 0.600. The van der Waals surface area contributed by atoms with Crippen molar-refractivity contribution in [2.75, 3.05) is 32.9 Å². The Morgan fingerprint density at radius 3 is 2.42 bits per heavy atom. The van der Waals surface area contributed by atoms with E-state index in [2.05, 4.69) is 19.2 Å². The Morgan fingerprint density at radius 2 is 1.95 bits per heavy atom. The second kappa shape index (κ2) is 5.57. The van der Waals surface area contributed by atoms with Gasteiger partial charge < -0.3 is 15.2 Å². The highest BCUT2D eigenvalue weighted by Gasteiger charge is 2.38. The van der Waals surface area contributed by atoms with Gasteiger partial charge in [-0.3, -0.25) is 0 Å². The van der Waals surface area contributed by atoms with E-state index in [4.69, 9.17) is 4.74 Å². The lowest BCUT2D eigenvalue weighted by molar-refractivity contribution is -0.134. The first-order chi connectivity index (χ1) is 8.97. The van der Waals surface area contributed by atoms with Crippen LogP contribution in [0.15, 0.2) is 24.3 Å². The average Bonchev–Trinajstić information content (AvgIpc) is 2.33. The molecule has 106 valence electrons. The van der Waals surface area contributed by atoms with Crippen molar-refractivity contribution in [3.8, 4) is 0 Å². The SMILES string of the molecule is CC(C)(CNCC1(CO)COC1)c1ccc(F)cc1. The topological polar surface area (TPSA) is 41.5 Å². The first-order valence-corrected chi connectivity index (χ1v) is 6.63. The number of halogens is 1. The Labute approximate surface area is 113 Å². The van der Waals surface area contributed by atoms with Gasteiger partial charge in [0.1, 0.15) is 5.82 Å². The molecule has 1 aromatic rings. The van der Waals surface area contributed by atoms with Gasteiger partial charge in [-0.2, -0.15) is 0 Å². The number of rotatable bonds is 6. The van der Waals surface area contributed by atoms with E-state index in [1.165, 1.54) is 12.1 Å². The zero-order valence-corrected chi connectivity index (χ0v) is 11.6. The van der Waals surface area contributed by atoms with Crippen LogP contribution in [-0.4, -0.2) is 38.0 Å². The number of hydrogen-bond donors (Lipinski definition) is 2. The number of ether oxygens (including phenoxy) is 1. The molecular formula is C15H22FNO2. The summed E-state index contributed by atoms with van der Waals surface area (Å²) in [5.74, 6) is -0.210. The van der Waals surface area contributed by atoms with Crippen molar-refractivity contribution in [1.82, 2.24) is 5.32 Å². The maximum absolute atomic E-state index is 12.9. The zero-order chi connectivity index (χ0) is 13.9. The van der Waals surface area contributed by atoms with Gasteiger partial charge in [-0.1, -0.05) is 26.0 Å². The van der Waals surface area contributed by atoms with Gasteiger partial charge >= 0.3 is 0 Å². The van der Waals surface area contributed by atoms with Crippen molar-refractivity contribution in [1.29, 1.82) is 0 Å². The highest BCUT2D eigenvalue weighted by molar-refractivity contribution is 5.24. The second-order valence-electron chi connectivity index (χ2n) is 6.15. The minimum Gasteiger partial charge on any atom is -0.396 e. The maximum Gasteiger partial charge on any atom is 0.123 e. The standard InChI is InChI=1S/C15H22FNO2/c1-14(2,12-3-5-13(16)6-4-12)7-17-8-15(9-18)10-19-11-15/h3-6,17-18H,7-11H2,1-2H3. The monoisotopic (exact) mass is 267 g/mol. The first-order valence-electron chi connectivity index (χ1n) is 6.63. The van der Waals surface area contributed by atoms with Gasteiger partial charge in [-0.25, -0.2) is 4.39 Å². The molecule has 1 aromatic carbocycles. The molecule has 2 rings (SSSR count). The van der Waals surface area contributed by atoms with Crippen molar-refractivity contribution >= 4 is 0 Å². The molecule has 1 heterocycles. The Kier molecular flexibility index (Phi) is 4.23. The van der Waals surface area contributed by atoms with Gasteiger partial charge in [0.15, 0.2) is 0 Å². The molecule has 1 saturated heterocycles. The molecule has 19 heavy (non-hydrogen) atoms. The molecule has 1 aliphatic rings. The summed E-state index contributed by atoms with van der Waals surface area (Å²) in [5, 5.41) is 12.8. The molecule has 0 unspecified atom stereocenters. The van der Waals surface area contributed by atoms with Crippen LogP contribution in [0.1, 0.15) is 19.4 Å². The summed E-state index contributed by atoms with van der Waals surface area (Å²) in [4.78, 5) is 0. The van der Waals surface area contributed by atoms with Crippen LogP contribution < -0.4 is 5.32 Å². The minimum atomic E-state index is -0.210. The van der Waals surface area contributed by atoms with Crippen LogP contribution in [0.5, 0.6) is 0 Å². The minimum absolute atomic E-state index is 0.0745. The van der Waals surface area contributed by atoms with Crippen LogP contribution in [0.3, 0.4) is 0 Å². The quantitative estimate of drug-likeness (QED) is 0.824. The Balaban J connectivity index is 1.88. The number of nitrogens with one attached hydrogen (secondary N) is 1. The summed E-state index contributed by atoms with van der Waals surface area (Å²) in [6, 6.07) is 6.63. The maximum atomic E-state index is 12.9. The van der Waals surface area contributed by atoms with Crippen molar-refractivity contribution < 1.29 is 14.2 Å². The largest absolute Gasteiger partial charge is 0.396 e. The van der Waals surface area contributed by atoms with Gasteiger partial charge in [0, 0.05) is 18.5 Å². The summed E-state index contributed by atoms with van der Waals surface area (Å²) in [6.07, 6.45) is 0. The second-order valence-corrected chi connectivity index (χ2v) is 6.15. The summed E-state index contributed by atoms with van der Waals surface area (Å²) in [5.41, 5.74) is 0.915. The third kappa shape index (κ3) is 3.32. The van der Waals surface area contributed by atoms with Crippen LogP contribution in [-0.2, 0) is 10.2 Å². The predicted molar refractivity (Wildman–Crippen MR) is 72.6 cm³/mol. The summed E-state index contributed by atoms with van der Waals surface area (Å²) in [6.45, 7) is 7.15. The highest BCUT2D eigenvalue weighted by atomic mass is 19.1. The molecule has 0 atom stereocenters. The van der Waals surface area contributed by atoms with Gasteiger partial charge in [0.2, 0.25) is 0 Å². The number of benzene rings is 1. The van der Waals surface area contributed by atoms with E-state index >= 15 is 0 Å². The van der Waals surface area contributed by atoms with Gasteiger partial charge in [-0.05, 0) is 17.7 Å². The summed E-state index contributed by atoms with van der Waals surface area (Å²) < 4.78 is 18.1. The molecule has 0 bridgehead atoms. The van der Waals surface area contributed by atoms with Crippen molar-refractivity contribution in [2.24, 2.45) is 5.41 Å². The molecule has 3 nitrogen and oxygen atoms in total. The molecule has 0 saturated carbocycles. The van der Waals surface area contributed by atoms with Crippen LogP contribution in [0.2, 0.25) is 0 Å². The van der Waals surface area contributed by atoms with Crippen molar-refractivity contribution in [3.63, 3.8) is 0 Å². The van der Waals surface area contributed by atoms with Crippen LogP contribution in [0, 0.1) is 11.2 Å².